The zero-order valence-corrected chi connectivity index (χ0v) is 11.1. The maximum Gasteiger partial charge on any atom is 0.182 e. The standard InChI is InChI=1S/C12H8Cl3NO/c1-6-2-7(17)3-12(16-6)8-4-10(14)11(15)5-9(8)13/h2-5H,1H3,(H,16,17). The lowest BCUT2D eigenvalue weighted by molar-refractivity contribution is 1.19. The third-order valence-electron chi connectivity index (χ3n) is 2.28. The van der Waals surface area contributed by atoms with Gasteiger partial charge in [-0.15, -0.1) is 0 Å². The van der Waals surface area contributed by atoms with E-state index < -0.39 is 0 Å². The van der Waals surface area contributed by atoms with E-state index in [-0.39, 0.29) is 5.43 Å². The fraction of sp³-hybridized carbons (Fsp3) is 0.0833. The van der Waals surface area contributed by atoms with E-state index in [2.05, 4.69) is 4.98 Å². The van der Waals surface area contributed by atoms with Crippen molar-refractivity contribution in [3.05, 3.63) is 55.3 Å². The largest absolute Gasteiger partial charge is 0.358 e. The van der Waals surface area contributed by atoms with Gasteiger partial charge < -0.3 is 4.98 Å². The molecule has 0 saturated heterocycles. The van der Waals surface area contributed by atoms with Gasteiger partial charge in [-0.2, -0.15) is 0 Å². The highest BCUT2D eigenvalue weighted by Gasteiger charge is 2.09. The SMILES string of the molecule is Cc1cc(=O)cc(-c2cc(Cl)c(Cl)cc2Cl)[nH]1. The van der Waals surface area contributed by atoms with Crippen molar-refractivity contribution in [3.63, 3.8) is 0 Å². The average Bonchev–Trinajstić information content (AvgIpc) is 2.22. The van der Waals surface area contributed by atoms with Crippen LogP contribution in [0.2, 0.25) is 15.1 Å². The van der Waals surface area contributed by atoms with Crippen LogP contribution in [0, 0.1) is 6.92 Å². The minimum atomic E-state index is -0.0848. The van der Waals surface area contributed by atoms with Gasteiger partial charge in [0, 0.05) is 23.4 Å². The molecule has 17 heavy (non-hydrogen) atoms. The van der Waals surface area contributed by atoms with Gasteiger partial charge in [0.1, 0.15) is 0 Å². The number of hydrogen-bond donors (Lipinski definition) is 1. The predicted octanol–water partition coefficient (Wildman–Crippen LogP) is 4.31. The molecule has 2 rings (SSSR count). The first kappa shape index (κ1) is 12.5. The smallest absolute Gasteiger partial charge is 0.182 e. The zero-order chi connectivity index (χ0) is 12.6. The molecule has 0 radical (unpaired) electrons. The van der Waals surface area contributed by atoms with Crippen LogP contribution < -0.4 is 5.43 Å². The van der Waals surface area contributed by atoms with Crippen molar-refractivity contribution in [2.45, 2.75) is 6.92 Å². The summed E-state index contributed by atoms with van der Waals surface area (Å²) in [4.78, 5) is 14.5. The molecule has 0 atom stereocenters. The number of rotatable bonds is 1. The second-order valence-electron chi connectivity index (χ2n) is 3.66. The third kappa shape index (κ3) is 2.65. The fourth-order valence-electron chi connectivity index (χ4n) is 1.56. The maximum atomic E-state index is 11.4. The highest BCUT2D eigenvalue weighted by Crippen LogP contribution is 2.34. The zero-order valence-electron chi connectivity index (χ0n) is 8.85. The Morgan fingerprint density at radius 2 is 1.59 bits per heavy atom. The topological polar surface area (TPSA) is 32.9 Å². The van der Waals surface area contributed by atoms with E-state index in [1.165, 1.54) is 12.1 Å². The molecule has 1 N–H and O–H groups in total. The van der Waals surface area contributed by atoms with E-state index in [4.69, 9.17) is 34.8 Å². The second kappa shape index (κ2) is 4.73. The van der Waals surface area contributed by atoms with Gasteiger partial charge in [0.2, 0.25) is 0 Å². The van der Waals surface area contributed by atoms with E-state index in [1.54, 1.807) is 19.1 Å². The normalized spacial score (nSPS) is 10.6. The van der Waals surface area contributed by atoms with Gasteiger partial charge in [-0.05, 0) is 19.1 Å². The number of aryl methyl sites for hydroxylation is 1. The molecule has 1 aromatic heterocycles. The molecule has 0 saturated carbocycles. The minimum Gasteiger partial charge on any atom is -0.358 e. The summed E-state index contributed by atoms with van der Waals surface area (Å²) >= 11 is 17.9. The number of aromatic amines is 1. The molecule has 0 aliphatic rings. The molecule has 2 nitrogen and oxygen atoms in total. The molecule has 0 amide bonds. The van der Waals surface area contributed by atoms with Gasteiger partial charge in [0.05, 0.1) is 20.8 Å². The quantitative estimate of drug-likeness (QED) is 0.779. The number of H-pyrrole nitrogens is 1. The highest BCUT2D eigenvalue weighted by atomic mass is 35.5. The Kier molecular flexibility index (Phi) is 3.48. The van der Waals surface area contributed by atoms with E-state index in [0.29, 0.717) is 26.3 Å². The molecule has 0 fully saturated rings. The highest BCUT2D eigenvalue weighted by molar-refractivity contribution is 6.44. The summed E-state index contributed by atoms with van der Waals surface area (Å²) in [6.45, 7) is 1.80. The number of nitrogens with one attached hydrogen (secondary N) is 1. The summed E-state index contributed by atoms with van der Waals surface area (Å²) in [7, 11) is 0. The fourth-order valence-corrected chi connectivity index (χ4v) is 2.20. The number of benzene rings is 1. The Balaban J connectivity index is 2.68. The summed E-state index contributed by atoms with van der Waals surface area (Å²) in [6.07, 6.45) is 0. The van der Waals surface area contributed by atoms with Crippen LogP contribution in [0.5, 0.6) is 0 Å². The number of aromatic nitrogens is 1. The summed E-state index contributed by atoms with van der Waals surface area (Å²) in [6, 6.07) is 6.17. The third-order valence-corrected chi connectivity index (χ3v) is 3.31. The van der Waals surface area contributed by atoms with Gasteiger partial charge in [-0.3, -0.25) is 4.79 Å². The van der Waals surface area contributed by atoms with Crippen LogP contribution in [0.15, 0.2) is 29.1 Å². The molecular weight excluding hydrogens is 280 g/mol. The molecule has 0 aliphatic heterocycles. The Morgan fingerprint density at radius 3 is 2.24 bits per heavy atom. The van der Waals surface area contributed by atoms with Crippen molar-refractivity contribution in [2.24, 2.45) is 0 Å². The van der Waals surface area contributed by atoms with Crippen molar-refractivity contribution < 1.29 is 0 Å². The van der Waals surface area contributed by atoms with Gasteiger partial charge in [-0.25, -0.2) is 0 Å². The molecule has 2 aromatic rings. The summed E-state index contributed by atoms with van der Waals surface area (Å²) < 4.78 is 0. The summed E-state index contributed by atoms with van der Waals surface area (Å²) in [5.41, 5.74) is 1.95. The van der Waals surface area contributed by atoms with Crippen molar-refractivity contribution in [1.82, 2.24) is 4.98 Å². The van der Waals surface area contributed by atoms with Gasteiger partial charge in [0.15, 0.2) is 5.43 Å². The maximum absolute atomic E-state index is 11.4. The lowest BCUT2D eigenvalue weighted by Crippen LogP contribution is -2.01. The Hall–Kier alpha value is -0.960. The van der Waals surface area contributed by atoms with Crippen molar-refractivity contribution in [2.75, 3.05) is 0 Å². The second-order valence-corrected chi connectivity index (χ2v) is 4.88. The van der Waals surface area contributed by atoms with E-state index in [1.807, 2.05) is 0 Å². The van der Waals surface area contributed by atoms with Gasteiger partial charge in [-0.1, -0.05) is 34.8 Å². The Labute approximate surface area is 113 Å². The van der Waals surface area contributed by atoms with E-state index >= 15 is 0 Å². The lowest BCUT2D eigenvalue weighted by Gasteiger charge is -2.07. The lowest BCUT2D eigenvalue weighted by atomic mass is 10.1. The molecule has 1 heterocycles. The van der Waals surface area contributed by atoms with Crippen molar-refractivity contribution in [1.29, 1.82) is 0 Å². The van der Waals surface area contributed by atoms with Crippen molar-refractivity contribution >= 4 is 34.8 Å². The van der Waals surface area contributed by atoms with Crippen LogP contribution >= 0.6 is 34.8 Å². The molecule has 0 aliphatic carbocycles. The minimum absolute atomic E-state index is 0.0848. The first-order chi connectivity index (χ1) is 7.97. The molecule has 1 aromatic carbocycles. The monoisotopic (exact) mass is 287 g/mol. The Morgan fingerprint density at radius 1 is 0.941 bits per heavy atom. The van der Waals surface area contributed by atoms with Gasteiger partial charge in [0.25, 0.3) is 0 Å². The van der Waals surface area contributed by atoms with Crippen LogP contribution in [-0.4, -0.2) is 4.98 Å². The molecule has 5 heteroatoms. The number of hydrogen-bond acceptors (Lipinski definition) is 1. The Bertz CT molecular complexity index is 634. The molecular formula is C12H8Cl3NO. The van der Waals surface area contributed by atoms with Gasteiger partial charge >= 0.3 is 0 Å². The number of pyridine rings is 1. The van der Waals surface area contributed by atoms with Crippen LogP contribution in [-0.2, 0) is 0 Å². The van der Waals surface area contributed by atoms with E-state index in [0.717, 1.165) is 5.69 Å². The molecule has 0 unspecified atom stereocenters. The van der Waals surface area contributed by atoms with Crippen LogP contribution in [0.3, 0.4) is 0 Å². The molecule has 0 bridgehead atoms. The van der Waals surface area contributed by atoms with E-state index in [9.17, 15) is 4.79 Å². The molecule has 0 spiro atoms. The average molecular weight is 289 g/mol. The number of halogens is 3. The predicted molar refractivity (Wildman–Crippen MR) is 72.3 cm³/mol. The first-order valence-electron chi connectivity index (χ1n) is 4.83. The van der Waals surface area contributed by atoms with Crippen LogP contribution in [0.25, 0.3) is 11.3 Å². The van der Waals surface area contributed by atoms with Crippen LogP contribution in [0.1, 0.15) is 5.69 Å². The summed E-state index contributed by atoms with van der Waals surface area (Å²) in [5, 5.41) is 1.23. The molecule has 88 valence electrons. The first-order valence-corrected chi connectivity index (χ1v) is 5.96. The van der Waals surface area contributed by atoms with Crippen molar-refractivity contribution in [3.8, 4) is 11.3 Å². The van der Waals surface area contributed by atoms with Crippen LogP contribution in [0.4, 0.5) is 0 Å². The summed E-state index contributed by atoms with van der Waals surface area (Å²) in [5.74, 6) is 0.